The first-order valence-electron chi connectivity index (χ1n) is 6.48. The van der Waals surface area contributed by atoms with Gasteiger partial charge in [-0.05, 0) is 43.9 Å². The summed E-state index contributed by atoms with van der Waals surface area (Å²) in [5.74, 6) is 1.64. The fraction of sp³-hybridized carbons (Fsp3) is 0.769. The van der Waals surface area contributed by atoms with Crippen molar-refractivity contribution in [3.63, 3.8) is 0 Å². The lowest BCUT2D eigenvalue weighted by molar-refractivity contribution is -0.126. The van der Waals surface area contributed by atoms with Crippen LogP contribution in [-0.4, -0.2) is 18.0 Å². The van der Waals surface area contributed by atoms with E-state index in [1.807, 2.05) is 0 Å². The van der Waals surface area contributed by atoms with Crippen molar-refractivity contribution >= 4 is 5.91 Å². The van der Waals surface area contributed by atoms with Crippen LogP contribution in [0.4, 0.5) is 0 Å². The molecule has 2 fully saturated rings. The molecule has 0 spiro atoms. The maximum atomic E-state index is 12.1. The molecule has 88 valence electrons. The maximum Gasteiger partial charge on any atom is 0.223 e. The Balaban J connectivity index is 1.59. The molecule has 0 aliphatic heterocycles. The third-order valence-corrected chi connectivity index (χ3v) is 4.51. The van der Waals surface area contributed by atoms with Crippen LogP contribution >= 0.6 is 0 Å². The lowest BCUT2D eigenvalue weighted by Gasteiger charge is -2.23. The van der Waals surface area contributed by atoms with E-state index in [1.165, 1.54) is 6.42 Å². The molecule has 3 aliphatic rings. The van der Waals surface area contributed by atoms with Gasteiger partial charge in [0.15, 0.2) is 0 Å². The van der Waals surface area contributed by atoms with Gasteiger partial charge in [-0.25, -0.2) is 0 Å². The van der Waals surface area contributed by atoms with E-state index in [0.717, 1.165) is 25.7 Å². The fourth-order valence-corrected chi connectivity index (χ4v) is 3.54. The summed E-state index contributed by atoms with van der Waals surface area (Å²) >= 11 is 0. The summed E-state index contributed by atoms with van der Waals surface area (Å²) in [6.07, 6.45) is 10.0. The van der Waals surface area contributed by atoms with Crippen molar-refractivity contribution in [1.82, 2.24) is 5.32 Å². The largest absolute Gasteiger partial charge is 0.352 e. The Morgan fingerprint density at radius 2 is 2.12 bits per heavy atom. The Bertz CT molecular complexity index is 326. The van der Waals surface area contributed by atoms with Gasteiger partial charge in [-0.15, -0.1) is 0 Å². The molecule has 2 saturated carbocycles. The molecular weight excluding hydrogens is 200 g/mol. The lowest BCUT2D eigenvalue weighted by atomic mass is 9.92. The van der Waals surface area contributed by atoms with Gasteiger partial charge in [-0.1, -0.05) is 12.2 Å². The van der Waals surface area contributed by atoms with Gasteiger partial charge >= 0.3 is 0 Å². The molecule has 1 amide bonds. The average Bonchev–Trinajstić information content (AvgIpc) is 2.95. The summed E-state index contributed by atoms with van der Waals surface area (Å²) in [5.41, 5.74) is 5.97. The first-order chi connectivity index (χ1) is 7.74. The van der Waals surface area contributed by atoms with E-state index in [9.17, 15) is 4.79 Å². The van der Waals surface area contributed by atoms with Crippen LogP contribution in [0.3, 0.4) is 0 Å². The monoisotopic (exact) mass is 220 g/mol. The van der Waals surface area contributed by atoms with Gasteiger partial charge in [0.05, 0.1) is 0 Å². The van der Waals surface area contributed by atoms with Crippen molar-refractivity contribution in [1.29, 1.82) is 0 Å². The molecule has 3 rings (SSSR count). The Labute approximate surface area is 96.5 Å². The number of nitrogens with one attached hydrogen (secondary N) is 1. The van der Waals surface area contributed by atoms with Gasteiger partial charge in [-0.3, -0.25) is 4.79 Å². The first-order valence-corrected chi connectivity index (χ1v) is 6.48. The zero-order chi connectivity index (χ0) is 11.1. The lowest BCUT2D eigenvalue weighted by Crippen LogP contribution is -2.46. The average molecular weight is 220 g/mol. The summed E-state index contributed by atoms with van der Waals surface area (Å²) in [6, 6.07) is 0.411. The molecule has 5 atom stereocenters. The summed E-state index contributed by atoms with van der Waals surface area (Å²) < 4.78 is 0. The predicted octanol–water partition coefficient (Wildman–Crippen LogP) is 1.19. The molecule has 0 aromatic rings. The number of allylic oxidation sites excluding steroid dienone is 2. The van der Waals surface area contributed by atoms with Gasteiger partial charge in [0.1, 0.15) is 0 Å². The molecule has 0 aromatic carbocycles. The Kier molecular flexibility index (Phi) is 2.51. The fourth-order valence-electron chi connectivity index (χ4n) is 3.54. The van der Waals surface area contributed by atoms with Crippen molar-refractivity contribution in [2.75, 3.05) is 0 Å². The topological polar surface area (TPSA) is 55.1 Å². The van der Waals surface area contributed by atoms with E-state index in [0.29, 0.717) is 11.8 Å². The minimum atomic E-state index is 0.179. The Morgan fingerprint density at radius 1 is 1.25 bits per heavy atom. The zero-order valence-corrected chi connectivity index (χ0v) is 9.56. The molecule has 0 radical (unpaired) electrons. The van der Waals surface area contributed by atoms with Crippen molar-refractivity contribution in [2.45, 2.75) is 44.2 Å². The van der Waals surface area contributed by atoms with Crippen LogP contribution in [0.15, 0.2) is 12.2 Å². The molecule has 0 aromatic heterocycles. The molecule has 3 nitrogen and oxygen atoms in total. The van der Waals surface area contributed by atoms with Crippen LogP contribution in [-0.2, 0) is 4.79 Å². The summed E-state index contributed by atoms with van der Waals surface area (Å²) in [6.45, 7) is 0. The van der Waals surface area contributed by atoms with Crippen LogP contribution in [0.1, 0.15) is 32.1 Å². The second-order valence-electron chi connectivity index (χ2n) is 5.60. The van der Waals surface area contributed by atoms with Crippen LogP contribution in [0.25, 0.3) is 0 Å². The molecule has 3 aliphatic carbocycles. The molecule has 3 heteroatoms. The highest BCUT2D eigenvalue weighted by molar-refractivity contribution is 5.80. The third-order valence-electron chi connectivity index (χ3n) is 4.51. The maximum absolute atomic E-state index is 12.1. The van der Waals surface area contributed by atoms with Crippen molar-refractivity contribution in [3.05, 3.63) is 12.2 Å². The van der Waals surface area contributed by atoms with E-state index in [1.54, 1.807) is 0 Å². The first kappa shape index (κ1) is 10.3. The SMILES string of the molecule is NC1CCCC1NC(=O)C1CC2C=CC1C2. The number of fused-ring (bicyclic) bond motifs is 2. The zero-order valence-electron chi connectivity index (χ0n) is 9.56. The van der Waals surface area contributed by atoms with Crippen molar-refractivity contribution in [2.24, 2.45) is 23.5 Å². The number of carbonyl (C=O) groups excluding carboxylic acids is 1. The molecular formula is C13H20N2O. The Morgan fingerprint density at radius 3 is 2.69 bits per heavy atom. The summed E-state index contributed by atoms with van der Waals surface area (Å²) in [5, 5.41) is 3.16. The predicted molar refractivity (Wildman–Crippen MR) is 62.6 cm³/mol. The standard InChI is InChI=1S/C13H20N2O/c14-11-2-1-3-12(11)15-13(16)10-7-8-4-5-9(10)6-8/h4-5,8-12H,1-3,6-7,14H2,(H,15,16). The molecule has 3 N–H and O–H groups in total. The quantitative estimate of drug-likeness (QED) is 0.687. The van der Waals surface area contributed by atoms with Crippen LogP contribution in [0.2, 0.25) is 0 Å². The Hall–Kier alpha value is -0.830. The normalized spacial score (nSPS) is 45.2. The number of nitrogens with two attached hydrogens (primary N) is 1. The smallest absolute Gasteiger partial charge is 0.223 e. The molecule has 2 bridgehead atoms. The van der Waals surface area contributed by atoms with Crippen LogP contribution in [0, 0.1) is 17.8 Å². The van der Waals surface area contributed by atoms with Gasteiger partial charge in [0, 0.05) is 18.0 Å². The second-order valence-corrected chi connectivity index (χ2v) is 5.60. The van der Waals surface area contributed by atoms with E-state index >= 15 is 0 Å². The van der Waals surface area contributed by atoms with E-state index in [4.69, 9.17) is 5.73 Å². The van der Waals surface area contributed by atoms with Crippen LogP contribution < -0.4 is 11.1 Å². The van der Waals surface area contributed by atoms with E-state index < -0.39 is 0 Å². The third kappa shape index (κ3) is 1.67. The summed E-state index contributed by atoms with van der Waals surface area (Å²) in [7, 11) is 0. The van der Waals surface area contributed by atoms with Gasteiger partial charge < -0.3 is 11.1 Å². The van der Waals surface area contributed by atoms with E-state index in [2.05, 4.69) is 17.5 Å². The van der Waals surface area contributed by atoms with Crippen molar-refractivity contribution < 1.29 is 4.79 Å². The highest BCUT2D eigenvalue weighted by Crippen LogP contribution is 2.43. The highest BCUT2D eigenvalue weighted by Gasteiger charge is 2.40. The van der Waals surface area contributed by atoms with Gasteiger partial charge in [0.25, 0.3) is 0 Å². The number of rotatable bonds is 2. The number of hydrogen-bond donors (Lipinski definition) is 2. The summed E-state index contributed by atoms with van der Waals surface area (Å²) in [4.78, 5) is 12.1. The van der Waals surface area contributed by atoms with Gasteiger partial charge in [0.2, 0.25) is 5.91 Å². The second kappa shape index (κ2) is 3.88. The van der Waals surface area contributed by atoms with Crippen LogP contribution in [0.5, 0.6) is 0 Å². The highest BCUT2D eigenvalue weighted by atomic mass is 16.2. The number of carbonyl (C=O) groups is 1. The van der Waals surface area contributed by atoms with E-state index in [-0.39, 0.29) is 23.9 Å². The minimum absolute atomic E-state index is 0.179. The minimum Gasteiger partial charge on any atom is -0.352 e. The number of amides is 1. The number of hydrogen-bond acceptors (Lipinski definition) is 2. The molecule has 5 unspecified atom stereocenters. The van der Waals surface area contributed by atoms with Crippen molar-refractivity contribution in [3.8, 4) is 0 Å². The molecule has 16 heavy (non-hydrogen) atoms. The molecule has 0 heterocycles. The van der Waals surface area contributed by atoms with Gasteiger partial charge in [-0.2, -0.15) is 0 Å². The molecule has 0 saturated heterocycles.